The third kappa shape index (κ3) is 3.63. The third-order valence-electron chi connectivity index (χ3n) is 6.39. The molecule has 5 rings (SSSR count). The Morgan fingerprint density at radius 1 is 1.27 bits per heavy atom. The van der Waals surface area contributed by atoms with E-state index < -0.39 is 17.1 Å². The van der Waals surface area contributed by atoms with Gasteiger partial charge in [-0.05, 0) is 43.2 Å². The number of anilines is 2. The quantitative estimate of drug-likeness (QED) is 0.622. The number of piperidine rings is 1. The van der Waals surface area contributed by atoms with Crippen molar-refractivity contribution >= 4 is 29.0 Å². The maximum atomic E-state index is 13.4. The highest BCUT2D eigenvalue weighted by molar-refractivity contribution is 6.11. The fourth-order valence-corrected chi connectivity index (χ4v) is 4.39. The summed E-state index contributed by atoms with van der Waals surface area (Å²) in [5.41, 5.74) is 6.73. The summed E-state index contributed by atoms with van der Waals surface area (Å²) < 4.78 is 14.6. The van der Waals surface area contributed by atoms with Gasteiger partial charge < -0.3 is 16.0 Å². The molecular weight excluding hydrogens is 427 g/mol. The van der Waals surface area contributed by atoms with Gasteiger partial charge in [-0.15, -0.1) is 5.10 Å². The minimum absolute atomic E-state index is 0.0523. The molecule has 1 saturated carbocycles. The lowest BCUT2D eigenvalue weighted by molar-refractivity contribution is -0.136. The van der Waals surface area contributed by atoms with Crippen LogP contribution in [0.15, 0.2) is 30.9 Å². The van der Waals surface area contributed by atoms with E-state index in [4.69, 9.17) is 5.73 Å². The van der Waals surface area contributed by atoms with Crippen molar-refractivity contribution in [1.29, 1.82) is 5.26 Å². The molecular formula is C22H21FN8O2. The zero-order chi connectivity index (χ0) is 23.2. The largest absolute Gasteiger partial charge is 0.381 e. The first-order chi connectivity index (χ1) is 15.9. The number of carbonyl (C=O) groups is 2. The topological polar surface area (TPSA) is 142 Å². The minimum Gasteiger partial charge on any atom is -0.381 e. The monoisotopic (exact) mass is 448 g/mol. The van der Waals surface area contributed by atoms with Gasteiger partial charge in [-0.3, -0.25) is 14.6 Å². The van der Waals surface area contributed by atoms with E-state index >= 15 is 0 Å². The van der Waals surface area contributed by atoms with Gasteiger partial charge in [0, 0.05) is 19.3 Å². The van der Waals surface area contributed by atoms with E-state index in [1.165, 1.54) is 0 Å². The van der Waals surface area contributed by atoms with E-state index in [0.717, 1.165) is 22.5 Å². The van der Waals surface area contributed by atoms with Gasteiger partial charge in [-0.1, -0.05) is 0 Å². The Balaban J connectivity index is 1.33. The van der Waals surface area contributed by atoms with E-state index in [0.29, 0.717) is 44.5 Å². The van der Waals surface area contributed by atoms with Crippen molar-refractivity contribution in [2.24, 2.45) is 5.41 Å². The first kappa shape index (κ1) is 20.8. The van der Waals surface area contributed by atoms with Crippen LogP contribution < -0.4 is 11.1 Å². The van der Waals surface area contributed by atoms with Gasteiger partial charge in [0.05, 0.1) is 30.3 Å². The maximum Gasteiger partial charge on any atom is 0.263 e. The number of amides is 2. The van der Waals surface area contributed by atoms with Crippen LogP contribution in [0, 0.1) is 22.6 Å². The normalized spacial score (nSPS) is 17.5. The lowest BCUT2D eigenvalue weighted by Crippen LogP contribution is -2.42. The van der Waals surface area contributed by atoms with Crippen LogP contribution >= 0.6 is 0 Å². The van der Waals surface area contributed by atoms with E-state index in [1.54, 1.807) is 17.3 Å². The molecule has 0 aromatic carbocycles. The Hall–Kier alpha value is -4.07. The number of nitriles is 1. The molecule has 1 aliphatic heterocycles. The molecule has 33 heavy (non-hydrogen) atoms. The number of nitrogens with two attached hydrogens (primary N) is 1. The summed E-state index contributed by atoms with van der Waals surface area (Å²) in [5.74, 6) is -1.14. The minimum atomic E-state index is -0.812. The van der Waals surface area contributed by atoms with Crippen LogP contribution in [0.4, 0.5) is 15.9 Å². The summed E-state index contributed by atoms with van der Waals surface area (Å²) in [4.78, 5) is 35.5. The number of halogens is 1. The molecule has 0 radical (unpaired) electrons. The van der Waals surface area contributed by atoms with Gasteiger partial charge in [0.25, 0.3) is 5.91 Å². The summed E-state index contributed by atoms with van der Waals surface area (Å²) in [7, 11) is 0. The average molecular weight is 448 g/mol. The third-order valence-corrected chi connectivity index (χ3v) is 6.39. The second kappa shape index (κ2) is 7.81. The molecule has 2 fully saturated rings. The second-order valence-electron chi connectivity index (χ2n) is 8.48. The average Bonchev–Trinajstić information content (AvgIpc) is 3.55. The summed E-state index contributed by atoms with van der Waals surface area (Å²) in [6.07, 6.45) is 8.00. The van der Waals surface area contributed by atoms with E-state index in [1.807, 2.05) is 6.07 Å². The van der Waals surface area contributed by atoms with E-state index in [-0.39, 0.29) is 28.9 Å². The van der Waals surface area contributed by atoms with Crippen LogP contribution in [0.2, 0.25) is 0 Å². The highest BCUT2D eigenvalue weighted by Crippen LogP contribution is 2.47. The number of rotatable bonds is 4. The summed E-state index contributed by atoms with van der Waals surface area (Å²) >= 11 is 0. The van der Waals surface area contributed by atoms with Crippen molar-refractivity contribution in [3.63, 3.8) is 0 Å². The standard InChI is InChI=1S/C22H21FN8O2/c23-14-9-27-19-17(18(25)29-31(19)11-14)20(32)28-16-10-26-6-1-15(16)13-2-7-30(8-3-13)21(33)22(12-24)4-5-22/h1,6,9-11,13H,2-5,7-8H2,(H2,25,29)(H,28,32). The molecule has 10 nitrogen and oxygen atoms in total. The van der Waals surface area contributed by atoms with Crippen LogP contribution in [0.5, 0.6) is 0 Å². The molecule has 168 valence electrons. The molecule has 0 spiro atoms. The molecule has 0 bridgehead atoms. The Kier molecular flexibility index (Phi) is 4.92. The lowest BCUT2D eigenvalue weighted by Gasteiger charge is -2.34. The molecule has 3 aromatic heterocycles. The van der Waals surface area contributed by atoms with E-state index in [2.05, 4.69) is 26.5 Å². The van der Waals surface area contributed by atoms with Crippen LogP contribution in [0.3, 0.4) is 0 Å². The molecule has 2 amide bonds. The number of pyridine rings is 1. The van der Waals surface area contributed by atoms with Crippen molar-refractivity contribution in [3.8, 4) is 6.07 Å². The first-order valence-corrected chi connectivity index (χ1v) is 10.7. The number of aromatic nitrogens is 4. The fraction of sp³-hybridized carbons (Fsp3) is 0.364. The summed E-state index contributed by atoms with van der Waals surface area (Å²) in [6, 6.07) is 4.02. The van der Waals surface area contributed by atoms with Gasteiger partial charge in [-0.25, -0.2) is 13.9 Å². The number of carbonyl (C=O) groups excluding carboxylic acids is 2. The van der Waals surface area contributed by atoms with Crippen molar-refractivity contribution in [1.82, 2.24) is 24.5 Å². The van der Waals surface area contributed by atoms with Crippen molar-refractivity contribution < 1.29 is 14.0 Å². The number of nitrogen functional groups attached to an aromatic ring is 1. The van der Waals surface area contributed by atoms with Gasteiger partial charge >= 0.3 is 0 Å². The molecule has 2 aliphatic rings. The lowest BCUT2D eigenvalue weighted by atomic mass is 9.88. The zero-order valence-corrected chi connectivity index (χ0v) is 17.7. The van der Waals surface area contributed by atoms with Gasteiger partial charge in [0.1, 0.15) is 11.0 Å². The number of nitrogens with zero attached hydrogens (tertiary/aromatic N) is 6. The van der Waals surface area contributed by atoms with Gasteiger partial charge in [0.2, 0.25) is 5.91 Å². The van der Waals surface area contributed by atoms with Crippen molar-refractivity contribution in [2.45, 2.75) is 31.6 Å². The van der Waals surface area contributed by atoms with Gasteiger partial charge in [-0.2, -0.15) is 5.26 Å². The Morgan fingerprint density at radius 2 is 2.03 bits per heavy atom. The molecule has 11 heteroatoms. The summed E-state index contributed by atoms with van der Waals surface area (Å²) in [5, 5.41) is 16.1. The predicted molar refractivity (Wildman–Crippen MR) is 115 cm³/mol. The highest BCUT2D eigenvalue weighted by Gasteiger charge is 2.52. The van der Waals surface area contributed by atoms with Crippen molar-refractivity contribution in [2.75, 3.05) is 24.1 Å². The molecule has 3 N–H and O–H groups in total. The molecule has 0 unspecified atom stereocenters. The van der Waals surface area contributed by atoms with Crippen LogP contribution in [0.25, 0.3) is 5.65 Å². The van der Waals surface area contributed by atoms with Crippen molar-refractivity contribution in [3.05, 3.63) is 47.8 Å². The molecule has 1 aliphatic carbocycles. The Bertz CT molecular complexity index is 1300. The fourth-order valence-electron chi connectivity index (χ4n) is 4.39. The number of hydrogen-bond acceptors (Lipinski definition) is 7. The van der Waals surface area contributed by atoms with Gasteiger partial charge in [0.15, 0.2) is 17.3 Å². The Morgan fingerprint density at radius 3 is 2.73 bits per heavy atom. The number of likely N-dealkylation sites (tertiary alicyclic amines) is 1. The second-order valence-corrected chi connectivity index (χ2v) is 8.48. The van der Waals surface area contributed by atoms with Crippen LogP contribution in [-0.4, -0.2) is 49.4 Å². The number of nitrogens with one attached hydrogen (secondary N) is 1. The zero-order valence-electron chi connectivity index (χ0n) is 17.7. The smallest absolute Gasteiger partial charge is 0.263 e. The summed E-state index contributed by atoms with van der Waals surface area (Å²) in [6.45, 7) is 1.11. The molecule has 3 aromatic rings. The number of fused-ring (bicyclic) bond motifs is 1. The van der Waals surface area contributed by atoms with Crippen LogP contribution in [-0.2, 0) is 4.79 Å². The predicted octanol–water partition coefficient (Wildman–Crippen LogP) is 2.11. The first-order valence-electron chi connectivity index (χ1n) is 10.7. The highest BCUT2D eigenvalue weighted by atomic mass is 19.1. The maximum absolute atomic E-state index is 13.4. The number of hydrogen-bond donors (Lipinski definition) is 2. The van der Waals surface area contributed by atoms with Crippen LogP contribution in [0.1, 0.15) is 47.5 Å². The molecule has 4 heterocycles. The molecule has 1 saturated heterocycles. The Labute approximate surface area is 188 Å². The molecule has 0 atom stereocenters. The van der Waals surface area contributed by atoms with E-state index in [9.17, 15) is 19.2 Å². The SMILES string of the molecule is N#CC1(C(=O)N2CCC(c3ccncc3NC(=O)c3c(N)nn4cc(F)cnc34)CC2)CC1.